The Labute approximate surface area is 187 Å². The van der Waals surface area contributed by atoms with Crippen molar-refractivity contribution in [3.8, 4) is 0 Å². The molecular weight excluding hydrogens is 406 g/mol. The van der Waals surface area contributed by atoms with Crippen LogP contribution >= 0.6 is 0 Å². The fraction of sp³-hybridized carbons (Fsp3) is 0.360. The summed E-state index contributed by atoms with van der Waals surface area (Å²) in [6, 6.07) is 19.8. The Morgan fingerprint density at radius 3 is 2.34 bits per heavy atom. The Kier molecular flexibility index (Phi) is 6.63. The molecule has 0 aromatic heterocycles. The van der Waals surface area contributed by atoms with Crippen molar-refractivity contribution >= 4 is 23.5 Å². The Morgan fingerprint density at radius 2 is 1.66 bits per heavy atom. The van der Waals surface area contributed by atoms with E-state index in [9.17, 15) is 14.4 Å². The second-order valence-electron chi connectivity index (χ2n) is 8.26. The predicted molar refractivity (Wildman–Crippen MR) is 120 cm³/mol. The van der Waals surface area contributed by atoms with E-state index >= 15 is 0 Å². The molecule has 2 aliphatic rings. The smallest absolute Gasteiger partial charge is 0.306 e. The molecule has 0 radical (unpaired) electrons. The van der Waals surface area contributed by atoms with Crippen LogP contribution in [-0.2, 0) is 24.5 Å². The van der Waals surface area contributed by atoms with Gasteiger partial charge in [0, 0.05) is 24.8 Å². The van der Waals surface area contributed by atoms with Crippen LogP contribution in [0.15, 0.2) is 65.8 Å². The topological polar surface area (TPSA) is 88.1 Å². The molecule has 7 nitrogen and oxygen atoms in total. The molecule has 1 fully saturated rings. The largest absolute Gasteiger partial charge is 0.456 e. The summed E-state index contributed by atoms with van der Waals surface area (Å²) in [7, 11) is 0. The van der Waals surface area contributed by atoms with Crippen LogP contribution in [0.4, 0.5) is 0 Å². The van der Waals surface area contributed by atoms with Crippen molar-refractivity contribution in [2.45, 2.75) is 37.5 Å². The van der Waals surface area contributed by atoms with Crippen LogP contribution in [0.3, 0.4) is 0 Å². The molecule has 2 aromatic carbocycles. The summed E-state index contributed by atoms with van der Waals surface area (Å²) in [5.41, 5.74) is 3.08. The highest BCUT2D eigenvalue weighted by Gasteiger charge is 2.44. The molecule has 4 rings (SSSR count). The van der Waals surface area contributed by atoms with Gasteiger partial charge in [0.25, 0.3) is 5.91 Å². The Bertz CT molecular complexity index is 1000. The number of carbonyl (C=O) groups is 3. The third-order valence-electron chi connectivity index (χ3n) is 5.97. The maximum absolute atomic E-state index is 12.4. The first-order valence-electron chi connectivity index (χ1n) is 11.0. The van der Waals surface area contributed by atoms with E-state index in [0.29, 0.717) is 19.5 Å². The van der Waals surface area contributed by atoms with Crippen LogP contribution in [-0.4, -0.2) is 48.2 Å². The number of nitrogens with zero attached hydrogens (tertiary/aromatic N) is 2. The second kappa shape index (κ2) is 9.77. The molecule has 1 aliphatic heterocycles. The van der Waals surface area contributed by atoms with Crippen LogP contribution in [0.25, 0.3) is 0 Å². The number of nitrogens with one attached hydrogen (secondary N) is 1. The number of ether oxygens (including phenoxy) is 1. The van der Waals surface area contributed by atoms with Gasteiger partial charge in [-0.1, -0.05) is 60.7 Å². The summed E-state index contributed by atoms with van der Waals surface area (Å²) in [6.45, 7) is 0.699. The highest BCUT2D eigenvalue weighted by Crippen LogP contribution is 2.47. The molecule has 1 saturated carbocycles. The van der Waals surface area contributed by atoms with Gasteiger partial charge in [-0.3, -0.25) is 14.4 Å². The summed E-state index contributed by atoms with van der Waals surface area (Å²) >= 11 is 0. The Morgan fingerprint density at radius 1 is 0.969 bits per heavy atom. The minimum atomic E-state index is -0.566. The summed E-state index contributed by atoms with van der Waals surface area (Å²) in [5, 5.41) is 8.64. The molecule has 0 bridgehead atoms. The molecule has 32 heavy (non-hydrogen) atoms. The van der Waals surface area contributed by atoms with Gasteiger partial charge >= 0.3 is 5.97 Å². The van der Waals surface area contributed by atoms with Crippen LogP contribution < -0.4 is 5.32 Å². The number of hydrazone groups is 1. The Hall–Kier alpha value is -3.48. The number of hydrogen-bond donors (Lipinski definition) is 1. The number of hydrogen-bond acceptors (Lipinski definition) is 5. The van der Waals surface area contributed by atoms with Gasteiger partial charge in [0.05, 0.1) is 18.7 Å². The highest BCUT2D eigenvalue weighted by molar-refractivity contribution is 6.02. The lowest BCUT2D eigenvalue weighted by Gasteiger charge is -2.16. The molecule has 0 saturated heterocycles. The summed E-state index contributed by atoms with van der Waals surface area (Å²) in [6.07, 6.45) is 2.68. The summed E-state index contributed by atoms with van der Waals surface area (Å²) < 4.78 is 5.04. The molecular formula is C25H27N3O4. The van der Waals surface area contributed by atoms with Gasteiger partial charge in [0.15, 0.2) is 6.61 Å². The van der Waals surface area contributed by atoms with E-state index in [0.717, 1.165) is 24.1 Å². The number of carbonyl (C=O) groups excluding carboxylic acids is 3. The van der Waals surface area contributed by atoms with Crippen LogP contribution in [0.2, 0.25) is 0 Å². The van der Waals surface area contributed by atoms with Gasteiger partial charge in [0.2, 0.25) is 5.91 Å². The van der Waals surface area contributed by atoms with E-state index in [-0.39, 0.29) is 36.7 Å². The van der Waals surface area contributed by atoms with Crippen molar-refractivity contribution in [1.82, 2.24) is 10.3 Å². The first kappa shape index (κ1) is 21.7. The molecule has 0 spiro atoms. The lowest BCUT2D eigenvalue weighted by atomic mass is 9.96. The van der Waals surface area contributed by atoms with Gasteiger partial charge in [0.1, 0.15) is 0 Å². The lowest BCUT2D eigenvalue weighted by molar-refractivity contribution is -0.150. The second-order valence-corrected chi connectivity index (χ2v) is 8.26. The predicted octanol–water partition coefficient (Wildman–Crippen LogP) is 2.79. The lowest BCUT2D eigenvalue weighted by Crippen LogP contribution is -2.35. The van der Waals surface area contributed by atoms with Crippen molar-refractivity contribution in [2.24, 2.45) is 5.10 Å². The van der Waals surface area contributed by atoms with Crippen LogP contribution in [0.1, 0.15) is 43.2 Å². The zero-order chi connectivity index (χ0) is 22.4. The first-order valence-corrected chi connectivity index (χ1v) is 11.0. The Balaban J connectivity index is 1.15. The fourth-order valence-electron chi connectivity index (χ4n) is 3.86. The monoisotopic (exact) mass is 433 g/mol. The van der Waals surface area contributed by atoms with Crippen molar-refractivity contribution < 1.29 is 19.1 Å². The molecule has 1 heterocycles. The average Bonchev–Trinajstić information content (AvgIpc) is 3.47. The van der Waals surface area contributed by atoms with Crippen molar-refractivity contribution in [1.29, 1.82) is 0 Å². The SMILES string of the molecule is O=C(COC(=O)CCC(=O)N1CCC(c2ccccc2)=N1)NCC1(c2ccccc2)CC1. The van der Waals surface area contributed by atoms with Gasteiger partial charge in [-0.15, -0.1) is 0 Å². The van der Waals surface area contributed by atoms with Crippen molar-refractivity contribution in [3.05, 3.63) is 71.8 Å². The molecule has 0 unspecified atom stereocenters. The van der Waals surface area contributed by atoms with Gasteiger partial charge in [-0.05, 0) is 24.0 Å². The maximum atomic E-state index is 12.4. The molecule has 2 amide bonds. The minimum Gasteiger partial charge on any atom is -0.456 e. The zero-order valence-electron chi connectivity index (χ0n) is 18.0. The van der Waals surface area contributed by atoms with Crippen LogP contribution in [0.5, 0.6) is 0 Å². The van der Waals surface area contributed by atoms with Crippen molar-refractivity contribution in [2.75, 3.05) is 19.7 Å². The first-order chi connectivity index (χ1) is 15.6. The van der Waals surface area contributed by atoms with E-state index in [1.54, 1.807) is 0 Å². The number of rotatable bonds is 9. The van der Waals surface area contributed by atoms with Crippen LogP contribution in [0, 0.1) is 0 Å². The highest BCUT2D eigenvalue weighted by atomic mass is 16.5. The van der Waals surface area contributed by atoms with Gasteiger partial charge in [-0.25, -0.2) is 5.01 Å². The van der Waals surface area contributed by atoms with E-state index in [4.69, 9.17) is 4.74 Å². The summed E-state index contributed by atoms with van der Waals surface area (Å²) in [5.74, 6) is -1.12. The third kappa shape index (κ3) is 5.41. The molecule has 1 aliphatic carbocycles. The fourth-order valence-corrected chi connectivity index (χ4v) is 3.86. The van der Waals surface area contributed by atoms with E-state index in [1.165, 1.54) is 10.6 Å². The number of amides is 2. The van der Waals surface area contributed by atoms with Gasteiger partial charge < -0.3 is 10.1 Å². The van der Waals surface area contributed by atoms with E-state index in [2.05, 4.69) is 22.6 Å². The molecule has 2 aromatic rings. The number of benzene rings is 2. The van der Waals surface area contributed by atoms with Crippen molar-refractivity contribution in [3.63, 3.8) is 0 Å². The molecule has 7 heteroatoms. The third-order valence-corrected chi connectivity index (χ3v) is 5.97. The van der Waals surface area contributed by atoms with E-state index < -0.39 is 5.97 Å². The standard InChI is InChI=1S/C25H27N3O4/c29-22(26-18-25(14-15-25)20-9-5-2-6-10-20)17-32-24(31)12-11-23(30)28-16-13-21(27-28)19-7-3-1-4-8-19/h1-10H,11-18H2,(H,26,29). The summed E-state index contributed by atoms with van der Waals surface area (Å²) in [4.78, 5) is 36.4. The maximum Gasteiger partial charge on any atom is 0.306 e. The minimum absolute atomic E-state index is 0.00218. The normalized spacial score (nSPS) is 16.2. The zero-order valence-corrected chi connectivity index (χ0v) is 18.0. The van der Waals surface area contributed by atoms with Gasteiger partial charge in [-0.2, -0.15) is 5.10 Å². The quantitative estimate of drug-likeness (QED) is 0.616. The molecule has 1 N–H and O–H groups in total. The number of esters is 1. The average molecular weight is 434 g/mol. The molecule has 0 atom stereocenters. The molecule has 166 valence electrons. The van der Waals surface area contributed by atoms with E-state index in [1.807, 2.05) is 48.5 Å².